The quantitative estimate of drug-likeness (QED) is 0.482. The highest BCUT2D eigenvalue weighted by molar-refractivity contribution is 6.30. The van der Waals surface area contributed by atoms with Gasteiger partial charge in [-0.3, -0.25) is 9.59 Å². The summed E-state index contributed by atoms with van der Waals surface area (Å²) in [6.07, 6.45) is 0.768. The van der Waals surface area contributed by atoms with E-state index in [1.165, 1.54) is 5.56 Å². The molecule has 1 N–H and O–H groups in total. The summed E-state index contributed by atoms with van der Waals surface area (Å²) in [6, 6.07) is 24.6. The van der Waals surface area contributed by atoms with Crippen LogP contribution in [0, 0.1) is 6.92 Å². The first-order chi connectivity index (χ1) is 15.5. The molecule has 3 aromatic rings. The predicted octanol–water partition coefficient (Wildman–Crippen LogP) is 5.31. The number of benzene rings is 3. The van der Waals surface area contributed by atoms with Crippen LogP contribution in [0.4, 0.5) is 0 Å². The molecule has 0 fully saturated rings. The Balaban J connectivity index is 1.84. The van der Waals surface area contributed by atoms with Crippen LogP contribution in [0.2, 0.25) is 5.02 Å². The second-order valence-corrected chi connectivity index (χ2v) is 8.35. The average molecular weight is 449 g/mol. The number of nitrogens with zero attached hydrogens (tertiary/aromatic N) is 1. The monoisotopic (exact) mass is 448 g/mol. The van der Waals surface area contributed by atoms with Crippen molar-refractivity contribution in [3.8, 4) is 0 Å². The van der Waals surface area contributed by atoms with Gasteiger partial charge in [0.15, 0.2) is 0 Å². The Morgan fingerprint density at radius 2 is 1.50 bits per heavy atom. The van der Waals surface area contributed by atoms with Crippen LogP contribution in [-0.4, -0.2) is 22.8 Å². The molecule has 3 rings (SSSR count). The SMILES string of the molecule is CCC(=O)N(Cc1ccc(Cl)cc1)C(Cc1ccccc1)C(=O)NCc1ccc(C)cc1. The molecule has 166 valence electrons. The summed E-state index contributed by atoms with van der Waals surface area (Å²) in [4.78, 5) is 28.0. The zero-order valence-corrected chi connectivity index (χ0v) is 19.3. The average Bonchev–Trinajstić information content (AvgIpc) is 2.82. The fraction of sp³-hybridized carbons (Fsp3) is 0.259. The second kappa shape index (κ2) is 11.5. The molecule has 2 amide bonds. The highest BCUT2D eigenvalue weighted by Gasteiger charge is 2.29. The molecule has 0 radical (unpaired) electrons. The predicted molar refractivity (Wildman–Crippen MR) is 129 cm³/mol. The molecule has 0 aliphatic carbocycles. The number of carbonyl (C=O) groups excluding carboxylic acids is 2. The Labute approximate surface area is 195 Å². The second-order valence-electron chi connectivity index (χ2n) is 7.91. The van der Waals surface area contributed by atoms with E-state index >= 15 is 0 Å². The van der Waals surface area contributed by atoms with E-state index in [4.69, 9.17) is 11.6 Å². The van der Waals surface area contributed by atoms with Gasteiger partial charge in [-0.25, -0.2) is 0 Å². The Kier molecular flexibility index (Phi) is 8.46. The summed E-state index contributed by atoms with van der Waals surface area (Å²) < 4.78 is 0. The molecule has 0 aliphatic rings. The molecule has 32 heavy (non-hydrogen) atoms. The van der Waals surface area contributed by atoms with Crippen LogP contribution >= 0.6 is 11.6 Å². The molecule has 0 saturated heterocycles. The van der Waals surface area contributed by atoms with Crippen molar-refractivity contribution in [3.63, 3.8) is 0 Å². The van der Waals surface area contributed by atoms with Crippen molar-refractivity contribution in [2.24, 2.45) is 0 Å². The Morgan fingerprint density at radius 3 is 2.12 bits per heavy atom. The molecular formula is C27H29ClN2O2. The summed E-state index contributed by atoms with van der Waals surface area (Å²) in [6.45, 7) is 4.61. The normalized spacial score (nSPS) is 11.6. The van der Waals surface area contributed by atoms with Gasteiger partial charge in [0.25, 0.3) is 0 Å². The lowest BCUT2D eigenvalue weighted by atomic mass is 10.0. The van der Waals surface area contributed by atoms with E-state index < -0.39 is 6.04 Å². The van der Waals surface area contributed by atoms with E-state index in [1.807, 2.05) is 80.6 Å². The zero-order chi connectivity index (χ0) is 22.9. The molecule has 3 aromatic carbocycles. The summed E-state index contributed by atoms with van der Waals surface area (Å²) in [5.74, 6) is -0.225. The molecule has 1 atom stereocenters. The van der Waals surface area contributed by atoms with Gasteiger partial charge in [0.1, 0.15) is 6.04 Å². The lowest BCUT2D eigenvalue weighted by molar-refractivity contribution is -0.141. The molecule has 0 bridgehead atoms. The maximum absolute atomic E-state index is 13.4. The topological polar surface area (TPSA) is 49.4 Å². The number of halogens is 1. The van der Waals surface area contributed by atoms with E-state index in [-0.39, 0.29) is 11.8 Å². The largest absolute Gasteiger partial charge is 0.350 e. The fourth-order valence-corrected chi connectivity index (χ4v) is 3.68. The van der Waals surface area contributed by atoms with Gasteiger partial charge in [-0.1, -0.05) is 90.8 Å². The summed E-state index contributed by atoms with van der Waals surface area (Å²) in [5, 5.41) is 3.68. The van der Waals surface area contributed by atoms with E-state index in [0.29, 0.717) is 31.0 Å². The van der Waals surface area contributed by atoms with Gasteiger partial charge in [0.05, 0.1) is 0 Å². The van der Waals surface area contributed by atoms with Gasteiger partial charge in [-0.2, -0.15) is 0 Å². The van der Waals surface area contributed by atoms with Crippen molar-refractivity contribution in [1.29, 1.82) is 0 Å². The lowest BCUT2D eigenvalue weighted by Gasteiger charge is -2.31. The van der Waals surface area contributed by atoms with Crippen LogP contribution in [0.3, 0.4) is 0 Å². The third-order valence-corrected chi connectivity index (χ3v) is 5.68. The highest BCUT2D eigenvalue weighted by Crippen LogP contribution is 2.17. The number of nitrogens with one attached hydrogen (secondary N) is 1. The Hall–Kier alpha value is -3.11. The van der Waals surface area contributed by atoms with Crippen LogP contribution in [-0.2, 0) is 29.1 Å². The maximum Gasteiger partial charge on any atom is 0.243 e. The van der Waals surface area contributed by atoms with Crippen molar-refractivity contribution in [2.45, 2.75) is 45.8 Å². The van der Waals surface area contributed by atoms with Crippen LogP contribution in [0.25, 0.3) is 0 Å². The molecule has 5 heteroatoms. The van der Waals surface area contributed by atoms with E-state index in [9.17, 15) is 9.59 Å². The lowest BCUT2D eigenvalue weighted by Crippen LogP contribution is -2.50. The Bertz CT molecular complexity index is 1020. The minimum atomic E-state index is -0.619. The van der Waals surface area contributed by atoms with Crippen molar-refractivity contribution in [2.75, 3.05) is 0 Å². The van der Waals surface area contributed by atoms with Gasteiger partial charge in [0, 0.05) is 31.0 Å². The standard InChI is InChI=1S/C27H29ClN2O2/c1-3-26(31)30(19-23-13-15-24(28)16-14-23)25(17-21-7-5-4-6-8-21)27(32)29-18-22-11-9-20(2)10-12-22/h4-16,25H,3,17-19H2,1-2H3,(H,29,32). The highest BCUT2D eigenvalue weighted by atomic mass is 35.5. The zero-order valence-electron chi connectivity index (χ0n) is 18.6. The molecule has 4 nitrogen and oxygen atoms in total. The van der Waals surface area contributed by atoms with Crippen molar-refractivity contribution in [3.05, 3.63) is 106 Å². The van der Waals surface area contributed by atoms with Gasteiger partial charge >= 0.3 is 0 Å². The van der Waals surface area contributed by atoms with Crippen LogP contribution in [0.5, 0.6) is 0 Å². The van der Waals surface area contributed by atoms with Crippen LogP contribution in [0.1, 0.15) is 35.6 Å². The molecule has 1 unspecified atom stereocenters. The first kappa shape index (κ1) is 23.6. The maximum atomic E-state index is 13.4. The van der Waals surface area contributed by atoms with Crippen LogP contribution in [0.15, 0.2) is 78.9 Å². The number of carbonyl (C=O) groups is 2. The summed E-state index contributed by atoms with van der Waals surface area (Å²) in [7, 11) is 0. The smallest absolute Gasteiger partial charge is 0.243 e. The number of hydrogen-bond acceptors (Lipinski definition) is 2. The molecule has 0 saturated carbocycles. The third kappa shape index (κ3) is 6.69. The van der Waals surface area contributed by atoms with Gasteiger partial charge in [-0.05, 0) is 35.7 Å². The Morgan fingerprint density at radius 1 is 0.875 bits per heavy atom. The molecule has 0 spiro atoms. The molecule has 0 aliphatic heterocycles. The molecule has 0 heterocycles. The van der Waals surface area contributed by atoms with Gasteiger partial charge < -0.3 is 10.2 Å². The fourth-order valence-electron chi connectivity index (χ4n) is 3.56. The van der Waals surface area contributed by atoms with Crippen molar-refractivity contribution in [1.82, 2.24) is 10.2 Å². The number of amides is 2. The summed E-state index contributed by atoms with van der Waals surface area (Å²) >= 11 is 6.02. The first-order valence-electron chi connectivity index (χ1n) is 10.9. The van der Waals surface area contributed by atoms with Gasteiger partial charge in [0.2, 0.25) is 11.8 Å². The van der Waals surface area contributed by atoms with Crippen molar-refractivity contribution < 1.29 is 9.59 Å². The number of rotatable bonds is 9. The molecule has 0 aromatic heterocycles. The first-order valence-corrected chi connectivity index (χ1v) is 11.2. The number of hydrogen-bond donors (Lipinski definition) is 1. The number of aryl methyl sites for hydroxylation is 1. The minimum absolute atomic E-state index is 0.0635. The van der Waals surface area contributed by atoms with E-state index in [1.54, 1.807) is 17.0 Å². The minimum Gasteiger partial charge on any atom is -0.350 e. The van der Waals surface area contributed by atoms with E-state index in [2.05, 4.69) is 5.32 Å². The van der Waals surface area contributed by atoms with Gasteiger partial charge in [-0.15, -0.1) is 0 Å². The summed E-state index contributed by atoms with van der Waals surface area (Å²) in [5.41, 5.74) is 4.13. The third-order valence-electron chi connectivity index (χ3n) is 5.43. The van der Waals surface area contributed by atoms with Crippen LogP contribution < -0.4 is 5.32 Å². The van der Waals surface area contributed by atoms with Crippen molar-refractivity contribution >= 4 is 23.4 Å². The van der Waals surface area contributed by atoms with E-state index in [0.717, 1.165) is 16.7 Å². The molecular weight excluding hydrogens is 420 g/mol.